The monoisotopic (exact) mass is 420 g/mol. The number of benzene rings is 1. The quantitative estimate of drug-likeness (QED) is 0.552. The lowest BCUT2D eigenvalue weighted by molar-refractivity contribution is 0.0693. The third kappa shape index (κ3) is 5.29. The summed E-state index contributed by atoms with van der Waals surface area (Å²) in [5.41, 5.74) is 5.44. The van der Waals surface area contributed by atoms with E-state index in [9.17, 15) is 4.79 Å². The molecule has 0 spiro atoms. The van der Waals surface area contributed by atoms with Crippen LogP contribution in [0.15, 0.2) is 42.7 Å². The molecule has 164 valence electrons. The molecule has 0 N–H and O–H groups in total. The van der Waals surface area contributed by atoms with Crippen molar-refractivity contribution in [2.24, 2.45) is 0 Å². The molecule has 0 aliphatic rings. The second kappa shape index (κ2) is 9.73. The number of hydrogen-bond acceptors (Lipinski definition) is 5. The van der Waals surface area contributed by atoms with Crippen molar-refractivity contribution in [3.8, 4) is 5.69 Å². The van der Waals surface area contributed by atoms with Gasteiger partial charge in [0.05, 0.1) is 23.6 Å². The molecule has 7 heteroatoms. The highest BCUT2D eigenvalue weighted by molar-refractivity contribution is 5.98. The van der Waals surface area contributed by atoms with Gasteiger partial charge in [-0.3, -0.25) is 9.78 Å². The fourth-order valence-electron chi connectivity index (χ4n) is 3.65. The van der Waals surface area contributed by atoms with Gasteiger partial charge in [-0.25, -0.2) is 0 Å². The van der Waals surface area contributed by atoms with Gasteiger partial charge in [0.2, 0.25) is 0 Å². The molecule has 3 rings (SSSR count). The molecule has 0 radical (unpaired) electrons. The average Bonchev–Trinajstić information content (AvgIpc) is 3.27. The van der Waals surface area contributed by atoms with E-state index in [0.717, 1.165) is 35.6 Å². The van der Waals surface area contributed by atoms with Gasteiger partial charge in [0.1, 0.15) is 0 Å². The lowest BCUT2D eigenvalue weighted by atomic mass is 10.1. The van der Waals surface area contributed by atoms with Crippen molar-refractivity contribution >= 4 is 11.6 Å². The van der Waals surface area contributed by atoms with Crippen LogP contribution in [0.2, 0.25) is 0 Å². The van der Waals surface area contributed by atoms with Gasteiger partial charge in [-0.1, -0.05) is 18.6 Å². The van der Waals surface area contributed by atoms with Crippen LogP contribution in [0.1, 0.15) is 47.6 Å². The van der Waals surface area contributed by atoms with Crippen LogP contribution in [0, 0.1) is 20.8 Å². The van der Waals surface area contributed by atoms with Crippen LogP contribution >= 0.6 is 0 Å². The predicted octanol–water partition coefficient (Wildman–Crippen LogP) is 3.96. The third-order valence-corrected chi connectivity index (χ3v) is 5.58. The summed E-state index contributed by atoms with van der Waals surface area (Å²) in [5, 5.41) is 8.47. The molecule has 3 aromatic rings. The average molecular weight is 421 g/mol. The minimum absolute atomic E-state index is 0.000777. The molecule has 1 amide bonds. The lowest BCUT2D eigenvalue weighted by Gasteiger charge is -2.32. The molecule has 0 bridgehead atoms. The molecule has 1 atom stereocenters. The van der Waals surface area contributed by atoms with E-state index in [4.69, 9.17) is 0 Å². The second-order valence-corrected chi connectivity index (χ2v) is 8.12. The first-order valence-corrected chi connectivity index (χ1v) is 10.7. The van der Waals surface area contributed by atoms with Crippen LogP contribution in [0.25, 0.3) is 5.69 Å². The number of amides is 1. The van der Waals surface area contributed by atoms with Crippen molar-refractivity contribution in [1.29, 1.82) is 0 Å². The van der Waals surface area contributed by atoms with E-state index in [1.165, 1.54) is 4.80 Å². The number of anilines is 1. The predicted molar refractivity (Wildman–Crippen MR) is 124 cm³/mol. The normalized spacial score (nSPS) is 11.9. The second-order valence-electron chi connectivity index (χ2n) is 8.12. The van der Waals surface area contributed by atoms with E-state index >= 15 is 0 Å². The number of carbonyl (C=O) groups is 1. The number of aryl methyl sites for hydroxylation is 3. The van der Waals surface area contributed by atoms with Gasteiger partial charge in [0.25, 0.3) is 5.91 Å². The van der Waals surface area contributed by atoms with Gasteiger partial charge in [-0.15, -0.1) is 0 Å². The van der Waals surface area contributed by atoms with Crippen LogP contribution in [0.4, 0.5) is 5.69 Å². The highest BCUT2D eigenvalue weighted by Gasteiger charge is 2.24. The van der Waals surface area contributed by atoms with Crippen molar-refractivity contribution in [2.45, 2.75) is 47.1 Å². The molecule has 1 aromatic carbocycles. The number of aromatic nitrogens is 4. The summed E-state index contributed by atoms with van der Waals surface area (Å²) in [6.07, 6.45) is 4.12. The topological polar surface area (TPSA) is 67.2 Å². The summed E-state index contributed by atoms with van der Waals surface area (Å²) in [7, 11) is 2.05. The summed E-state index contributed by atoms with van der Waals surface area (Å²) in [6, 6.07) is 10.1. The van der Waals surface area contributed by atoms with Gasteiger partial charge >= 0.3 is 0 Å². The zero-order chi connectivity index (χ0) is 22.5. The Kier molecular flexibility index (Phi) is 7.05. The van der Waals surface area contributed by atoms with Crippen LogP contribution in [-0.4, -0.2) is 57.0 Å². The zero-order valence-corrected chi connectivity index (χ0v) is 19.3. The maximum Gasteiger partial charge on any atom is 0.256 e. The van der Waals surface area contributed by atoms with Gasteiger partial charge in [0.15, 0.2) is 0 Å². The van der Waals surface area contributed by atoms with E-state index in [1.54, 1.807) is 12.4 Å². The molecule has 2 heterocycles. The SMILES string of the molecule is CC[C@@H](C)N(CCN(C)c1cc(C)nc(C)c1)C(=O)c1cc(C)ccc1-n1nccn1. The first-order valence-electron chi connectivity index (χ1n) is 10.7. The molecule has 0 fully saturated rings. The zero-order valence-electron chi connectivity index (χ0n) is 19.3. The Morgan fingerprint density at radius 2 is 1.68 bits per heavy atom. The van der Waals surface area contributed by atoms with Crippen LogP contribution in [0.5, 0.6) is 0 Å². The Labute approximate surface area is 184 Å². The van der Waals surface area contributed by atoms with Crippen molar-refractivity contribution in [3.05, 3.63) is 65.2 Å². The minimum atomic E-state index is 0.000777. The van der Waals surface area contributed by atoms with Crippen LogP contribution in [0.3, 0.4) is 0 Å². The number of hydrogen-bond donors (Lipinski definition) is 0. The summed E-state index contributed by atoms with van der Waals surface area (Å²) < 4.78 is 0. The van der Waals surface area contributed by atoms with E-state index < -0.39 is 0 Å². The van der Waals surface area contributed by atoms with Gasteiger partial charge in [-0.2, -0.15) is 15.0 Å². The highest BCUT2D eigenvalue weighted by atomic mass is 16.2. The summed E-state index contributed by atoms with van der Waals surface area (Å²) >= 11 is 0. The summed E-state index contributed by atoms with van der Waals surface area (Å²) in [5.74, 6) is 0.000777. The van der Waals surface area contributed by atoms with E-state index in [0.29, 0.717) is 17.8 Å². The fourth-order valence-corrected chi connectivity index (χ4v) is 3.65. The maximum absolute atomic E-state index is 13.7. The Bertz CT molecular complexity index is 1010. The van der Waals surface area contributed by atoms with Crippen molar-refractivity contribution in [1.82, 2.24) is 24.9 Å². The van der Waals surface area contributed by atoms with Gasteiger partial charge in [-0.05, 0) is 58.4 Å². The van der Waals surface area contributed by atoms with Gasteiger partial charge in [0, 0.05) is 43.3 Å². The molecular weight excluding hydrogens is 388 g/mol. The smallest absolute Gasteiger partial charge is 0.256 e. The molecule has 7 nitrogen and oxygen atoms in total. The molecule has 0 aliphatic carbocycles. The van der Waals surface area contributed by atoms with Crippen molar-refractivity contribution < 1.29 is 4.79 Å². The first kappa shape index (κ1) is 22.5. The number of likely N-dealkylation sites (N-methyl/N-ethyl adjacent to an activating group) is 1. The summed E-state index contributed by atoms with van der Waals surface area (Å²) in [6.45, 7) is 11.5. The molecule has 0 unspecified atom stereocenters. The number of carbonyl (C=O) groups excluding carboxylic acids is 1. The highest BCUT2D eigenvalue weighted by Crippen LogP contribution is 2.20. The Morgan fingerprint density at radius 1 is 1.03 bits per heavy atom. The fraction of sp³-hybridized carbons (Fsp3) is 0.417. The molecule has 0 aliphatic heterocycles. The van der Waals surface area contributed by atoms with Gasteiger partial charge < -0.3 is 9.80 Å². The molecule has 31 heavy (non-hydrogen) atoms. The lowest BCUT2D eigenvalue weighted by Crippen LogP contribution is -2.43. The standard InChI is InChI=1S/C24H32N6O/c1-7-20(5)29(13-12-28(6)21-15-18(3)27-19(4)16-21)24(31)22-14-17(2)8-9-23(22)30-25-10-11-26-30/h8-11,14-16,20H,7,12-13H2,1-6H3/t20-/m1/s1. The van der Waals surface area contributed by atoms with Crippen molar-refractivity contribution in [3.63, 3.8) is 0 Å². The molecule has 2 aromatic heterocycles. The maximum atomic E-state index is 13.7. The molecule has 0 saturated carbocycles. The van der Waals surface area contributed by atoms with Crippen molar-refractivity contribution in [2.75, 3.05) is 25.0 Å². The van der Waals surface area contributed by atoms with E-state index in [-0.39, 0.29) is 11.9 Å². The van der Waals surface area contributed by atoms with Crippen LogP contribution < -0.4 is 4.90 Å². The Hall–Kier alpha value is -3.22. The summed E-state index contributed by atoms with van der Waals surface area (Å²) in [4.78, 5) is 23.8. The molecular formula is C24H32N6O. The Morgan fingerprint density at radius 3 is 2.29 bits per heavy atom. The van der Waals surface area contributed by atoms with Crippen LogP contribution in [-0.2, 0) is 0 Å². The number of nitrogens with zero attached hydrogens (tertiary/aromatic N) is 6. The molecule has 0 saturated heterocycles. The Balaban J connectivity index is 1.86. The minimum Gasteiger partial charge on any atom is -0.373 e. The number of rotatable bonds is 8. The van der Waals surface area contributed by atoms with E-state index in [2.05, 4.69) is 53.1 Å². The first-order chi connectivity index (χ1) is 14.8. The largest absolute Gasteiger partial charge is 0.373 e. The van der Waals surface area contributed by atoms with E-state index in [1.807, 2.05) is 43.9 Å². The third-order valence-electron chi connectivity index (χ3n) is 5.58. The number of pyridine rings is 1.